The number of nitrogens with zero attached hydrogens (tertiary/aromatic N) is 1. The zero-order valence-electron chi connectivity index (χ0n) is 9.56. The van der Waals surface area contributed by atoms with Crippen molar-refractivity contribution in [3.8, 4) is 0 Å². The Labute approximate surface area is 108 Å². The highest BCUT2D eigenvalue weighted by atomic mass is 32.2. The standard InChI is InChI=1S/C10H15N3O2S2/c1-12-10-7(9(11)14)6-8(16-10)17-13-2-4-15-5-3-13/h6,12H,2-5H2,1H3,(H2,11,14). The zero-order valence-corrected chi connectivity index (χ0v) is 11.2. The van der Waals surface area contributed by atoms with E-state index in [4.69, 9.17) is 10.5 Å². The summed E-state index contributed by atoms with van der Waals surface area (Å²) >= 11 is 3.21. The van der Waals surface area contributed by atoms with Crippen molar-refractivity contribution in [2.75, 3.05) is 38.7 Å². The quantitative estimate of drug-likeness (QED) is 0.808. The van der Waals surface area contributed by atoms with Crippen molar-refractivity contribution in [2.45, 2.75) is 4.21 Å². The molecule has 0 atom stereocenters. The average Bonchev–Trinajstić information content (AvgIpc) is 2.73. The fourth-order valence-electron chi connectivity index (χ4n) is 1.55. The minimum atomic E-state index is -0.389. The number of carbonyl (C=O) groups excluding carboxylic acids is 1. The van der Waals surface area contributed by atoms with E-state index >= 15 is 0 Å². The molecule has 0 radical (unpaired) electrons. The van der Waals surface area contributed by atoms with Crippen LogP contribution >= 0.6 is 23.3 Å². The Morgan fingerprint density at radius 1 is 1.59 bits per heavy atom. The van der Waals surface area contributed by atoms with E-state index in [1.54, 1.807) is 30.3 Å². The van der Waals surface area contributed by atoms with Gasteiger partial charge < -0.3 is 15.8 Å². The Balaban J connectivity index is 2.07. The van der Waals surface area contributed by atoms with Crippen LogP contribution in [0.25, 0.3) is 0 Å². The van der Waals surface area contributed by atoms with Gasteiger partial charge in [0.2, 0.25) is 0 Å². The van der Waals surface area contributed by atoms with E-state index in [1.807, 2.05) is 6.07 Å². The molecule has 0 aliphatic carbocycles. The lowest BCUT2D eigenvalue weighted by molar-refractivity contribution is 0.0774. The summed E-state index contributed by atoms with van der Waals surface area (Å²) in [6.07, 6.45) is 0. The molecule has 3 N–H and O–H groups in total. The minimum absolute atomic E-state index is 0.389. The van der Waals surface area contributed by atoms with Crippen LogP contribution in [0.5, 0.6) is 0 Å². The van der Waals surface area contributed by atoms with Crippen LogP contribution in [0.4, 0.5) is 5.00 Å². The van der Waals surface area contributed by atoms with Crippen molar-refractivity contribution in [1.82, 2.24) is 4.31 Å². The van der Waals surface area contributed by atoms with Gasteiger partial charge in [0.05, 0.1) is 23.0 Å². The maximum absolute atomic E-state index is 11.2. The summed E-state index contributed by atoms with van der Waals surface area (Å²) in [6.45, 7) is 3.34. The first kappa shape index (κ1) is 12.7. The van der Waals surface area contributed by atoms with Crippen molar-refractivity contribution in [3.05, 3.63) is 11.6 Å². The zero-order chi connectivity index (χ0) is 12.3. The number of hydrogen-bond acceptors (Lipinski definition) is 6. The second-order valence-electron chi connectivity index (χ2n) is 3.56. The molecule has 5 nitrogen and oxygen atoms in total. The number of carbonyl (C=O) groups is 1. The van der Waals surface area contributed by atoms with E-state index < -0.39 is 0 Å². The molecular weight excluding hydrogens is 258 g/mol. The molecule has 2 rings (SSSR count). The number of morpholine rings is 1. The van der Waals surface area contributed by atoms with Crippen molar-refractivity contribution >= 4 is 34.2 Å². The molecule has 0 spiro atoms. The molecular formula is C10H15N3O2S2. The van der Waals surface area contributed by atoms with Gasteiger partial charge in [-0.2, -0.15) is 0 Å². The summed E-state index contributed by atoms with van der Waals surface area (Å²) in [5, 5.41) is 3.82. The minimum Gasteiger partial charge on any atom is -0.379 e. The fourth-order valence-corrected chi connectivity index (χ4v) is 3.77. The number of thiophene rings is 1. The summed E-state index contributed by atoms with van der Waals surface area (Å²) in [6, 6.07) is 1.85. The molecule has 1 aliphatic heterocycles. The van der Waals surface area contributed by atoms with Crippen LogP contribution in [0.2, 0.25) is 0 Å². The van der Waals surface area contributed by atoms with Gasteiger partial charge in [0.25, 0.3) is 5.91 Å². The predicted molar refractivity (Wildman–Crippen MR) is 70.6 cm³/mol. The first-order chi connectivity index (χ1) is 8.20. The van der Waals surface area contributed by atoms with E-state index in [2.05, 4.69) is 9.62 Å². The third-order valence-corrected chi connectivity index (χ3v) is 4.73. The lowest BCUT2D eigenvalue weighted by atomic mass is 10.3. The molecule has 1 aliphatic rings. The molecule has 1 saturated heterocycles. The molecule has 1 fully saturated rings. The second kappa shape index (κ2) is 5.72. The smallest absolute Gasteiger partial charge is 0.251 e. The number of anilines is 1. The number of amides is 1. The summed E-state index contributed by atoms with van der Waals surface area (Å²) in [5.41, 5.74) is 5.88. The van der Waals surface area contributed by atoms with Crippen LogP contribution in [0.1, 0.15) is 10.4 Å². The topological polar surface area (TPSA) is 67.6 Å². The molecule has 1 amide bonds. The second-order valence-corrected chi connectivity index (χ2v) is 6.00. The molecule has 17 heavy (non-hydrogen) atoms. The average molecular weight is 273 g/mol. The van der Waals surface area contributed by atoms with E-state index in [0.29, 0.717) is 5.56 Å². The number of rotatable bonds is 4. The van der Waals surface area contributed by atoms with E-state index in [0.717, 1.165) is 35.5 Å². The number of ether oxygens (including phenoxy) is 1. The molecule has 94 valence electrons. The highest BCUT2D eigenvalue weighted by Crippen LogP contribution is 2.36. The van der Waals surface area contributed by atoms with Gasteiger partial charge in [0.15, 0.2) is 0 Å². The first-order valence-corrected chi connectivity index (χ1v) is 6.91. The molecule has 0 bridgehead atoms. The molecule has 1 aromatic rings. The van der Waals surface area contributed by atoms with E-state index in [-0.39, 0.29) is 5.91 Å². The molecule has 1 aromatic heterocycles. The third kappa shape index (κ3) is 3.12. The maximum Gasteiger partial charge on any atom is 0.251 e. The highest BCUT2D eigenvalue weighted by molar-refractivity contribution is 7.99. The Morgan fingerprint density at radius 3 is 2.82 bits per heavy atom. The number of hydrogen-bond donors (Lipinski definition) is 2. The summed E-state index contributed by atoms with van der Waals surface area (Å²) in [4.78, 5) is 11.2. The lowest BCUT2D eigenvalue weighted by Gasteiger charge is -2.24. The van der Waals surface area contributed by atoms with Crippen LogP contribution in [0, 0.1) is 0 Å². The van der Waals surface area contributed by atoms with Crippen molar-refractivity contribution < 1.29 is 9.53 Å². The predicted octanol–water partition coefficient (Wildman–Crippen LogP) is 1.23. The SMILES string of the molecule is CNc1sc(SN2CCOCC2)cc1C(N)=O. The molecule has 0 saturated carbocycles. The summed E-state index contributed by atoms with van der Waals surface area (Å²) in [5.74, 6) is -0.389. The van der Waals surface area contributed by atoms with Gasteiger partial charge in [-0.1, -0.05) is 0 Å². The molecule has 0 unspecified atom stereocenters. The Hall–Kier alpha value is -0.760. The van der Waals surface area contributed by atoms with Crippen LogP contribution in [-0.2, 0) is 4.74 Å². The lowest BCUT2D eigenvalue weighted by Crippen LogP contribution is -2.30. The van der Waals surface area contributed by atoms with Crippen molar-refractivity contribution in [2.24, 2.45) is 5.73 Å². The van der Waals surface area contributed by atoms with Gasteiger partial charge in [0.1, 0.15) is 5.00 Å². The van der Waals surface area contributed by atoms with Crippen LogP contribution in [-0.4, -0.2) is 43.6 Å². The largest absolute Gasteiger partial charge is 0.379 e. The number of nitrogens with one attached hydrogen (secondary N) is 1. The summed E-state index contributed by atoms with van der Waals surface area (Å²) < 4.78 is 8.60. The molecule has 2 heterocycles. The van der Waals surface area contributed by atoms with Crippen LogP contribution in [0.15, 0.2) is 10.3 Å². The van der Waals surface area contributed by atoms with Gasteiger partial charge in [-0.25, -0.2) is 4.31 Å². The fraction of sp³-hybridized carbons (Fsp3) is 0.500. The third-order valence-electron chi connectivity index (χ3n) is 2.39. The summed E-state index contributed by atoms with van der Waals surface area (Å²) in [7, 11) is 1.79. The number of primary amides is 1. The van der Waals surface area contributed by atoms with Crippen LogP contribution in [0.3, 0.4) is 0 Å². The van der Waals surface area contributed by atoms with Gasteiger partial charge in [0, 0.05) is 20.1 Å². The molecule has 0 aromatic carbocycles. The first-order valence-electron chi connectivity index (χ1n) is 5.32. The van der Waals surface area contributed by atoms with Gasteiger partial charge in [-0.05, 0) is 18.0 Å². The Bertz CT molecular complexity index is 402. The maximum atomic E-state index is 11.2. The van der Waals surface area contributed by atoms with E-state index in [1.165, 1.54) is 0 Å². The normalized spacial score (nSPS) is 17.0. The number of nitrogens with two attached hydrogens (primary N) is 1. The van der Waals surface area contributed by atoms with Crippen molar-refractivity contribution in [3.63, 3.8) is 0 Å². The van der Waals surface area contributed by atoms with Crippen molar-refractivity contribution in [1.29, 1.82) is 0 Å². The van der Waals surface area contributed by atoms with Gasteiger partial charge >= 0.3 is 0 Å². The van der Waals surface area contributed by atoms with Crippen LogP contribution < -0.4 is 11.1 Å². The van der Waals surface area contributed by atoms with Gasteiger partial charge in [-0.15, -0.1) is 11.3 Å². The van der Waals surface area contributed by atoms with Gasteiger partial charge in [-0.3, -0.25) is 4.79 Å². The monoisotopic (exact) mass is 273 g/mol. The Morgan fingerprint density at radius 2 is 2.29 bits per heavy atom. The molecule has 7 heteroatoms. The Kier molecular flexibility index (Phi) is 4.27. The van der Waals surface area contributed by atoms with E-state index in [9.17, 15) is 4.79 Å². The highest BCUT2D eigenvalue weighted by Gasteiger charge is 2.17.